The SMILES string of the molecule is C=CCNC(=O)[C@H]1N(C(=O)[C@@H](O)[C@H](Cc2ccccc2)NC(=O)OC(C)(C)C)CSC1(C)C. The van der Waals surface area contributed by atoms with Gasteiger partial charge in [0.15, 0.2) is 6.10 Å². The number of aliphatic hydroxyl groups excluding tert-OH is 1. The molecule has 1 aliphatic rings. The first-order valence-electron chi connectivity index (χ1n) is 10.9. The first-order chi connectivity index (χ1) is 15.4. The van der Waals surface area contributed by atoms with E-state index in [1.165, 1.54) is 16.7 Å². The number of nitrogens with zero attached hydrogens (tertiary/aromatic N) is 1. The molecule has 1 aromatic carbocycles. The average molecular weight is 478 g/mol. The minimum atomic E-state index is -1.57. The van der Waals surface area contributed by atoms with E-state index >= 15 is 0 Å². The Kier molecular flexibility index (Phi) is 8.97. The van der Waals surface area contributed by atoms with Gasteiger partial charge in [-0.1, -0.05) is 36.4 Å². The topological polar surface area (TPSA) is 108 Å². The van der Waals surface area contributed by atoms with E-state index in [9.17, 15) is 19.5 Å². The van der Waals surface area contributed by atoms with Gasteiger partial charge in [-0.25, -0.2) is 4.79 Å². The van der Waals surface area contributed by atoms with Crippen LogP contribution in [0.3, 0.4) is 0 Å². The number of carbonyl (C=O) groups is 3. The molecule has 1 heterocycles. The minimum Gasteiger partial charge on any atom is -0.444 e. The van der Waals surface area contributed by atoms with Gasteiger partial charge >= 0.3 is 6.09 Å². The summed E-state index contributed by atoms with van der Waals surface area (Å²) in [5, 5.41) is 16.5. The number of ether oxygens (including phenoxy) is 1. The summed E-state index contributed by atoms with van der Waals surface area (Å²) >= 11 is 1.46. The zero-order valence-electron chi connectivity index (χ0n) is 20.0. The molecule has 0 saturated carbocycles. The molecular weight excluding hydrogens is 442 g/mol. The van der Waals surface area contributed by atoms with Crippen LogP contribution in [-0.2, 0) is 20.7 Å². The molecule has 3 atom stereocenters. The number of thioether (sulfide) groups is 1. The van der Waals surface area contributed by atoms with Crippen molar-refractivity contribution in [2.75, 3.05) is 12.4 Å². The highest BCUT2D eigenvalue weighted by Crippen LogP contribution is 2.39. The largest absolute Gasteiger partial charge is 0.444 e. The Morgan fingerprint density at radius 1 is 1.30 bits per heavy atom. The highest BCUT2D eigenvalue weighted by atomic mass is 32.2. The van der Waals surface area contributed by atoms with E-state index in [4.69, 9.17) is 4.74 Å². The van der Waals surface area contributed by atoms with Crippen molar-refractivity contribution >= 4 is 29.7 Å². The Morgan fingerprint density at radius 2 is 1.94 bits per heavy atom. The average Bonchev–Trinajstić information content (AvgIpc) is 3.04. The molecule has 0 aromatic heterocycles. The highest BCUT2D eigenvalue weighted by Gasteiger charge is 2.49. The van der Waals surface area contributed by atoms with Gasteiger partial charge in [0.05, 0.1) is 11.9 Å². The lowest BCUT2D eigenvalue weighted by atomic mass is 9.97. The number of aliphatic hydroxyl groups is 1. The van der Waals surface area contributed by atoms with Crippen LogP contribution in [0.5, 0.6) is 0 Å². The summed E-state index contributed by atoms with van der Waals surface area (Å²) in [5.41, 5.74) is 0.0992. The van der Waals surface area contributed by atoms with Crippen molar-refractivity contribution in [3.63, 3.8) is 0 Å². The van der Waals surface area contributed by atoms with Crippen LogP contribution >= 0.6 is 11.8 Å². The van der Waals surface area contributed by atoms with E-state index in [2.05, 4.69) is 17.2 Å². The van der Waals surface area contributed by atoms with Gasteiger partial charge in [0.2, 0.25) is 5.91 Å². The first-order valence-corrected chi connectivity index (χ1v) is 11.9. The van der Waals surface area contributed by atoms with E-state index in [1.807, 2.05) is 44.2 Å². The number of nitrogens with one attached hydrogen (secondary N) is 2. The second-order valence-corrected chi connectivity index (χ2v) is 11.1. The number of hydrogen-bond acceptors (Lipinski definition) is 6. The van der Waals surface area contributed by atoms with Gasteiger partial charge in [0, 0.05) is 11.3 Å². The van der Waals surface area contributed by atoms with Gasteiger partial charge in [-0.05, 0) is 46.6 Å². The third-order valence-electron chi connectivity index (χ3n) is 5.13. The van der Waals surface area contributed by atoms with Gasteiger partial charge < -0.3 is 25.4 Å². The molecule has 9 heteroatoms. The first kappa shape index (κ1) is 26.7. The summed E-state index contributed by atoms with van der Waals surface area (Å²) < 4.78 is 4.79. The standard InChI is InChI=1S/C24H35N3O5S/c1-7-13-25-20(29)19-24(5,6)33-15-27(19)21(30)18(28)17(14-16-11-9-8-10-12-16)26-22(31)32-23(2,3)4/h7-12,17-19,28H,1,13-15H2,2-6H3,(H,25,29)(H,26,31)/t17-,18-,19+/m0/s1. The van der Waals surface area contributed by atoms with Crippen LogP contribution in [0, 0.1) is 0 Å². The van der Waals surface area contributed by atoms with Crippen molar-refractivity contribution in [3.8, 4) is 0 Å². The number of hydrogen-bond donors (Lipinski definition) is 3. The molecule has 1 fully saturated rings. The number of alkyl carbamates (subject to hydrolysis) is 1. The molecule has 33 heavy (non-hydrogen) atoms. The molecule has 1 aromatic rings. The van der Waals surface area contributed by atoms with Gasteiger partial charge in [-0.15, -0.1) is 18.3 Å². The predicted molar refractivity (Wildman–Crippen MR) is 130 cm³/mol. The van der Waals surface area contributed by atoms with Crippen molar-refractivity contribution in [3.05, 3.63) is 48.6 Å². The highest BCUT2D eigenvalue weighted by molar-refractivity contribution is 8.00. The second-order valence-electron chi connectivity index (χ2n) is 9.51. The fourth-order valence-electron chi connectivity index (χ4n) is 3.59. The molecule has 0 aliphatic carbocycles. The zero-order valence-corrected chi connectivity index (χ0v) is 20.8. The summed E-state index contributed by atoms with van der Waals surface area (Å²) in [6, 6.07) is 7.52. The Bertz CT molecular complexity index is 853. The summed E-state index contributed by atoms with van der Waals surface area (Å²) in [6.07, 6.45) is -0.520. The number of rotatable bonds is 8. The van der Waals surface area contributed by atoms with Crippen molar-refractivity contribution in [1.29, 1.82) is 0 Å². The molecule has 0 radical (unpaired) electrons. The van der Waals surface area contributed by atoms with Gasteiger partial charge in [0.25, 0.3) is 5.91 Å². The summed E-state index contributed by atoms with van der Waals surface area (Å²) in [5.74, 6) is -0.687. The normalized spacial score (nSPS) is 19.3. The molecule has 2 rings (SSSR count). The summed E-state index contributed by atoms with van der Waals surface area (Å²) in [7, 11) is 0. The summed E-state index contributed by atoms with van der Waals surface area (Å²) in [4.78, 5) is 40.0. The van der Waals surface area contributed by atoms with Crippen LogP contribution in [0.25, 0.3) is 0 Å². The molecule has 0 bridgehead atoms. The maximum atomic E-state index is 13.4. The molecular formula is C24H35N3O5S. The van der Waals surface area contributed by atoms with E-state index in [0.717, 1.165) is 5.56 Å². The van der Waals surface area contributed by atoms with E-state index in [-0.39, 0.29) is 24.7 Å². The van der Waals surface area contributed by atoms with Crippen LogP contribution in [0.2, 0.25) is 0 Å². The Morgan fingerprint density at radius 3 is 2.52 bits per heavy atom. The van der Waals surface area contributed by atoms with Crippen LogP contribution in [-0.4, -0.2) is 68.9 Å². The van der Waals surface area contributed by atoms with Gasteiger partial charge in [0.1, 0.15) is 11.6 Å². The Hall–Kier alpha value is -2.52. The Labute approximate surface area is 200 Å². The fraction of sp³-hybridized carbons (Fsp3) is 0.542. The molecule has 3 N–H and O–H groups in total. The fourth-order valence-corrected chi connectivity index (χ4v) is 4.73. The molecule has 0 unspecified atom stereocenters. The third kappa shape index (κ3) is 7.50. The van der Waals surface area contributed by atoms with Crippen molar-refractivity contribution in [1.82, 2.24) is 15.5 Å². The molecule has 1 saturated heterocycles. The molecule has 8 nitrogen and oxygen atoms in total. The maximum Gasteiger partial charge on any atom is 0.407 e. The zero-order chi connectivity index (χ0) is 24.8. The maximum absolute atomic E-state index is 13.4. The molecule has 0 spiro atoms. The van der Waals surface area contributed by atoms with Gasteiger partial charge in [-0.2, -0.15) is 0 Å². The quantitative estimate of drug-likeness (QED) is 0.497. The predicted octanol–water partition coefficient (Wildman–Crippen LogP) is 2.47. The van der Waals surface area contributed by atoms with Crippen LogP contribution in [0.1, 0.15) is 40.2 Å². The number of benzene rings is 1. The molecule has 1 aliphatic heterocycles. The molecule has 182 valence electrons. The summed E-state index contributed by atoms with van der Waals surface area (Å²) in [6.45, 7) is 12.8. The van der Waals surface area contributed by atoms with Crippen molar-refractivity contribution in [2.45, 2.75) is 69.6 Å². The van der Waals surface area contributed by atoms with E-state index in [1.54, 1.807) is 26.8 Å². The Balaban J connectivity index is 2.26. The van der Waals surface area contributed by atoms with Gasteiger partial charge in [-0.3, -0.25) is 9.59 Å². The minimum absolute atomic E-state index is 0.213. The second kappa shape index (κ2) is 11.1. The van der Waals surface area contributed by atoms with Crippen molar-refractivity contribution in [2.24, 2.45) is 0 Å². The lowest BCUT2D eigenvalue weighted by molar-refractivity contribution is -0.147. The lowest BCUT2D eigenvalue weighted by Crippen LogP contribution is -2.59. The van der Waals surface area contributed by atoms with E-state index in [0.29, 0.717) is 0 Å². The van der Waals surface area contributed by atoms with E-state index < -0.39 is 40.5 Å². The van der Waals surface area contributed by atoms with Crippen LogP contribution in [0.15, 0.2) is 43.0 Å². The van der Waals surface area contributed by atoms with Crippen LogP contribution in [0.4, 0.5) is 4.79 Å². The smallest absolute Gasteiger partial charge is 0.407 e. The molecule has 3 amide bonds. The third-order valence-corrected chi connectivity index (χ3v) is 6.51. The number of amides is 3. The van der Waals surface area contributed by atoms with Crippen molar-refractivity contribution < 1.29 is 24.2 Å². The monoisotopic (exact) mass is 477 g/mol. The van der Waals surface area contributed by atoms with Crippen LogP contribution < -0.4 is 10.6 Å². The lowest BCUT2D eigenvalue weighted by Gasteiger charge is -2.33. The number of carbonyl (C=O) groups excluding carboxylic acids is 3.